The Morgan fingerprint density at radius 1 is 1.45 bits per heavy atom. The fourth-order valence-corrected chi connectivity index (χ4v) is 2.57. The number of aromatic amines is 1. The fraction of sp³-hybridized carbons (Fsp3) is 0.286. The van der Waals surface area contributed by atoms with Crippen LogP contribution in [0.25, 0.3) is 10.9 Å². The summed E-state index contributed by atoms with van der Waals surface area (Å²) in [6.07, 6.45) is 1.95. The Balaban J connectivity index is 2.08. The number of hydrogen-bond acceptors (Lipinski definition) is 3. The SMILES string of the molecule is COC(=O)N/N=C1/CCCc2[nH]c3ccc(F)cc3c21. The number of nitrogens with zero attached hydrogens (tertiary/aromatic N) is 1. The quantitative estimate of drug-likeness (QED) is 0.786. The Bertz CT molecular complexity index is 706. The van der Waals surface area contributed by atoms with E-state index in [4.69, 9.17) is 0 Å². The Morgan fingerprint density at radius 3 is 3.10 bits per heavy atom. The van der Waals surface area contributed by atoms with Crippen LogP contribution in [0.2, 0.25) is 0 Å². The second-order valence-corrected chi connectivity index (χ2v) is 4.68. The number of benzene rings is 1. The van der Waals surface area contributed by atoms with Gasteiger partial charge in [-0.05, 0) is 37.5 Å². The topological polar surface area (TPSA) is 66.5 Å². The average Bonchev–Trinajstić information content (AvgIpc) is 2.83. The van der Waals surface area contributed by atoms with Gasteiger partial charge < -0.3 is 9.72 Å². The first-order chi connectivity index (χ1) is 9.69. The number of carbonyl (C=O) groups excluding carboxylic acids is 1. The minimum Gasteiger partial charge on any atom is -0.452 e. The van der Waals surface area contributed by atoms with Crippen molar-refractivity contribution in [3.8, 4) is 0 Å². The van der Waals surface area contributed by atoms with E-state index in [1.165, 1.54) is 19.2 Å². The lowest BCUT2D eigenvalue weighted by molar-refractivity contribution is 0.171. The summed E-state index contributed by atoms with van der Waals surface area (Å²) in [5.74, 6) is -0.287. The highest BCUT2D eigenvalue weighted by molar-refractivity contribution is 6.12. The van der Waals surface area contributed by atoms with Gasteiger partial charge in [0, 0.05) is 22.2 Å². The van der Waals surface area contributed by atoms with Gasteiger partial charge in [-0.1, -0.05) is 0 Å². The van der Waals surface area contributed by atoms with Gasteiger partial charge in [-0.25, -0.2) is 14.6 Å². The van der Waals surface area contributed by atoms with Crippen molar-refractivity contribution in [3.05, 3.63) is 35.3 Å². The molecule has 0 aliphatic heterocycles. The minimum atomic E-state index is -0.615. The first kappa shape index (κ1) is 12.7. The molecule has 2 N–H and O–H groups in total. The lowest BCUT2D eigenvalue weighted by Crippen LogP contribution is -2.21. The highest BCUT2D eigenvalue weighted by atomic mass is 19.1. The molecule has 2 aromatic rings. The average molecular weight is 275 g/mol. The van der Waals surface area contributed by atoms with Gasteiger partial charge in [0.15, 0.2) is 0 Å². The monoisotopic (exact) mass is 275 g/mol. The molecule has 0 spiro atoms. The van der Waals surface area contributed by atoms with E-state index in [0.29, 0.717) is 0 Å². The maximum absolute atomic E-state index is 13.4. The van der Waals surface area contributed by atoms with E-state index in [0.717, 1.165) is 47.1 Å². The van der Waals surface area contributed by atoms with E-state index >= 15 is 0 Å². The molecule has 5 nitrogen and oxygen atoms in total. The third kappa shape index (κ3) is 2.13. The summed E-state index contributed by atoms with van der Waals surface area (Å²) in [4.78, 5) is 14.4. The Kier molecular flexibility index (Phi) is 3.14. The first-order valence-corrected chi connectivity index (χ1v) is 6.40. The molecule has 1 aliphatic rings. The molecule has 0 unspecified atom stereocenters. The van der Waals surface area contributed by atoms with Crippen molar-refractivity contribution in [2.24, 2.45) is 5.10 Å². The van der Waals surface area contributed by atoms with Crippen LogP contribution in [0.3, 0.4) is 0 Å². The normalized spacial score (nSPS) is 16.2. The molecule has 0 bridgehead atoms. The molecule has 1 heterocycles. The van der Waals surface area contributed by atoms with Crippen LogP contribution in [0.1, 0.15) is 24.1 Å². The third-order valence-electron chi connectivity index (χ3n) is 3.43. The number of H-pyrrole nitrogens is 1. The van der Waals surface area contributed by atoms with Crippen molar-refractivity contribution in [2.45, 2.75) is 19.3 Å². The number of amides is 1. The number of nitrogens with one attached hydrogen (secondary N) is 2. The summed E-state index contributed by atoms with van der Waals surface area (Å²) in [6, 6.07) is 4.63. The van der Waals surface area contributed by atoms with Crippen LogP contribution in [0.5, 0.6) is 0 Å². The minimum absolute atomic E-state index is 0.287. The molecule has 0 fully saturated rings. The van der Waals surface area contributed by atoms with Crippen molar-refractivity contribution in [1.29, 1.82) is 0 Å². The molecule has 0 saturated carbocycles. The Labute approximate surface area is 114 Å². The lowest BCUT2D eigenvalue weighted by Gasteiger charge is -2.14. The van der Waals surface area contributed by atoms with Gasteiger partial charge in [0.2, 0.25) is 0 Å². The van der Waals surface area contributed by atoms with Crippen LogP contribution in [0.4, 0.5) is 9.18 Å². The van der Waals surface area contributed by atoms with Gasteiger partial charge >= 0.3 is 6.09 Å². The van der Waals surface area contributed by atoms with Gasteiger partial charge in [0.25, 0.3) is 0 Å². The number of methoxy groups -OCH3 is 1. The van der Waals surface area contributed by atoms with Crippen LogP contribution in [0, 0.1) is 5.82 Å². The van der Waals surface area contributed by atoms with Crippen molar-refractivity contribution in [3.63, 3.8) is 0 Å². The van der Waals surface area contributed by atoms with Gasteiger partial charge in [-0.15, -0.1) is 0 Å². The number of hydrazone groups is 1. The summed E-state index contributed by atoms with van der Waals surface area (Å²) in [5, 5.41) is 4.89. The van der Waals surface area contributed by atoms with Gasteiger partial charge in [-0.3, -0.25) is 0 Å². The number of aromatic nitrogens is 1. The van der Waals surface area contributed by atoms with E-state index in [9.17, 15) is 9.18 Å². The molecule has 6 heteroatoms. The largest absolute Gasteiger partial charge is 0.452 e. The molecule has 3 rings (SSSR count). The summed E-state index contributed by atoms with van der Waals surface area (Å²) in [5.41, 5.74) is 5.87. The molecule has 0 radical (unpaired) electrons. The molecule has 1 amide bonds. The van der Waals surface area contributed by atoms with Crippen LogP contribution >= 0.6 is 0 Å². The number of hydrogen-bond donors (Lipinski definition) is 2. The van der Waals surface area contributed by atoms with Crippen molar-refractivity contribution < 1.29 is 13.9 Å². The van der Waals surface area contributed by atoms with E-state index in [1.54, 1.807) is 6.07 Å². The van der Waals surface area contributed by atoms with Crippen LogP contribution in [0.15, 0.2) is 23.3 Å². The smallest absolute Gasteiger partial charge is 0.427 e. The van der Waals surface area contributed by atoms with E-state index in [-0.39, 0.29) is 5.82 Å². The standard InChI is InChI=1S/C14H14FN3O2/c1-20-14(19)18-17-12-4-2-3-11-13(12)9-7-8(15)5-6-10(9)16-11/h5-7,16H,2-4H2,1H3,(H,18,19)/b17-12-. The van der Waals surface area contributed by atoms with E-state index < -0.39 is 6.09 Å². The third-order valence-corrected chi connectivity index (χ3v) is 3.43. The summed E-state index contributed by atoms with van der Waals surface area (Å²) in [6.45, 7) is 0. The van der Waals surface area contributed by atoms with Gasteiger partial charge in [0.05, 0.1) is 12.8 Å². The fourth-order valence-electron chi connectivity index (χ4n) is 2.57. The molecule has 0 saturated heterocycles. The van der Waals surface area contributed by atoms with Gasteiger partial charge in [-0.2, -0.15) is 5.10 Å². The first-order valence-electron chi connectivity index (χ1n) is 6.40. The summed E-state index contributed by atoms with van der Waals surface area (Å²) < 4.78 is 17.9. The van der Waals surface area contributed by atoms with E-state index in [1.807, 2.05) is 0 Å². The van der Waals surface area contributed by atoms with Crippen LogP contribution < -0.4 is 5.43 Å². The molecule has 104 valence electrons. The van der Waals surface area contributed by atoms with Crippen LogP contribution in [-0.2, 0) is 11.2 Å². The zero-order chi connectivity index (χ0) is 14.1. The molecule has 1 aliphatic carbocycles. The molecular weight excluding hydrogens is 261 g/mol. The molecule has 1 aromatic carbocycles. The summed E-state index contributed by atoms with van der Waals surface area (Å²) >= 11 is 0. The second kappa shape index (κ2) is 4.96. The highest BCUT2D eigenvalue weighted by Crippen LogP contribution is 2.29. The maximum Gasteiger partial charge on any atom is 0.427 e. The number of rotatable bonds is 1. The second-order valence-electron chi connectivity index (χ2n) is 4.68. The number of halogens is 1. The molecular formula is C14H14FN3O2. The predicted molar refractivity (Wildman–Crippen MR) is 73.3 cm³/mol. The maximum atomic E-state index is 13.4. The zero-order valence-electron chi connectivity index (χ0n) is 11.0. The van der Waals surface area contributed by atoms with Crippen LogP contribution in [-0.4, -0.2) is 23.9 Å². The number of ether oxygens (including phenoxy) is 1. The molecule has 0 atom stereocenters. The lowest BCUT2D eigenvalue weighted by atomic mass is 9.93. The van der Waals surface area contributed by atoms with Crippen molar-refractivity contribution >= 4 is 22.7 Å². The highest BCUT2D eigenvalue weighted by Gasteiger charge is 2.21. The number of carbonyl (C=O) groups is 1. The zero-order valence-corrected chi connectivity index (χ0v) is 11.0. The summed E-state index contributed by atoms with van der Waals surface area (Å²) in [7, 11) is 1.28. The predicted octanol–water partition coefficient (Wildman–Crippen LogP) is 2.70. The Morgan fingerprint density at radius 2 is 2.30 bits per heavy atom. The van der Waals surface area contributed by atoms with E-state index in [2.05, 4.69) is 20.2 Å². The van der Waals surface area contributed by atoms with Crippen molar-refractivity contribution in [1.82, 2.24) is 10.4 Å². The van der Waals surface area contributed by atoms with Crippen molar-refractivity contribution in [2.75, 3.05) is 7.11 Å². The molecule has 20 heavy (non-hydrogen) atoms. The molecule has 1 aromatic heterocycles. The number of fused-ring (bicyclic) bond motifs is 3. The number of aryl methyl sites for hydroxylation is 1. The van der Waals surface area contributed by atoms with Gasteiger partial charge in [0.1, 0.15) is 5.82 Å². The Hall–Kier alpha value is -2.37.